The number of carbonyl (C=O) groups excluding carboxylic acids is 3. The van der Waals surface area contributed by atoms with E-state index in [0.29, 0.717) is 23.6 Å². The van der Waals surface area contributed by atoms with Gasteiger partial charge in [0.05, 0.1) is 32.5 Å². The zero-order valence-electron chi connectivity index (χ0n) is 16.2. The molecule has 1 aliphatic rings. The van der Waals surface area contributed by atoms with Crippen molar-refractivity contribution in [1.29, 1.82) is 0 Å². The molecule has 1 saturated heterocycles. The number of ether oxygens (including phenoxy) is 2. The Kier molecular flexibility index (Phi) is 6.28. The van der Waals surface area contributed by atoms with Crippen LogP contribution < -0.4 is 20.1 Å². The van der Waals surface area contributed by atoms with Crippen LogP contribution in [0, 0.1) is 0 Å². The predicted molar refractivity (Wildman–Crippen MR) is 105 cm³/mol. The fourth-order valence-corrected chi connectivity index (χ4v) is 3.04. The maximum atomic E-state index is 12.6. The van der Waals surface area contributed by atoms with E-state index in [1.807, 2.05) is 6.07 Å². The maximum Gasteiger partial charge on any atom is 0.324 e. The molecule has 2 N–H and O–H groups in total. The molecule has 1 unspecified atom stereocenters. The minimum Gasteiger partial charge on any atom is -0.493 e. The number of nitrogens with zero attached hydrogens (tertiary/aromatic N) is 2. The van der Waals surface area contributed by atoms with Crippen LogP contribution in [0.1, 0.15) is 12.0 Å². The average molecular weight is 398 g/mol. The quantitative estimate of drug-likeness (QED) is 0.654. The lowest BCUT2D eigenvalue weighted by atomic mass is 10.1. The summed E-state index contributed by atoms with van der Waals surface area (Å²) in [6, 6.07) is 7.41. The summed E-state index contributed by atoms with van der Waals surface area (Å²) >= 11 is 0. The van der Waals surface area contributed by atoms with Crippen molar-refractivity contribution < 1.29 is 23.9 Å². The van der Waals surface area contributed by atoms with Crippen molar-refractivity contribution in [3.8, 4) is 11.5 Å². The Labute approximate surface area is 168 Å². The van der Waals surface area contributed by atoms with E-state index in [2.05, 4.69) is 15.6 Å². The highest BCUT2D eigenvalue weighted by atomic mass is 16.5. The summed E-state index contributed by atoms with van der Waals surface area (Å²) in [5, 5.41) is 5.21. The Morgan fingerprint density at radius 2 is 2.00 bits per heavy atom. The molecule has 3 rings (SSSR count). The largest absolute Gasteiger partial charge is 0.493 e. The summed E-state index contributed by atoms with van der Waals surface area (Å²) in [5.41, 5.74) is 1.42. The predicted octanol–water partition coefficient (Wildman–Crippen LogP) is 1.59. The normalized spacial score (nSPS) is 15.8. The van der Waals surface area contributed by atoms with Gasteiger partial charge in [-0.05, 0) is 36.2 Å². The number of amides is 4. The molecule has 0 aliphatic carbocycles. The summed E-state index contributed by atoms with van der Waals surface area (Å²) in [6.45, 7) is 0.195. The second-order valence-electron chi connectivity index (χ2n) is 6.43. The fraction of sp³-hybridized carbons (Fsp3) is 0.300. The third-order valence-electron chi connectivity index (χ3n) is 4.51. The van der Waals surface area contributed by atoms with Gasteiger partial charge in [-0.15, -0.1) is 0 Å². The standard InChI is InChI=1S/C20H22N4O5/c1-28-16-6-5-13(10-17(16)29-2)7-9-24-19(26)15(23-20(24)27)11-18(25)22-14-4-3-8-21-12-14/h3-6,8,10,12,15H,7,9,11H2,1-2H3,(H,22,25)(H,23,27). The van der Waals surface area contributed by atoms with Gasteiger partial charge in [-0.1, -0.05) is 6.07 Å². The van der Waals surface area contributed by atoms with Crippen molar-refractivity contribution in [3.63, 3.8) is 0 Å². The zero-order valence-corrected chi connectivity index (χ0v) is 16.2. The minimum atomic E-state index is -0.885. The Morgan fingerprint density at radius 1 is 1.21 bits per heavy atom. The summed E-state index contributed by atoms with van der Waals surface area (Å²) in [7, 11) is 3.09. The molecule has 4 amide bonds. The lowest BCUT2D eigenvalue weighted by Gasteiger charge is -2.14. The maximum absolute atomic E-state index is 12.6. The Balaban J connectivity index is 1.57. The fourth-order valence-electron chi connectivity index (χ4n) is 3.04. The van der Waals surface area contributed by atoms with Gasteiger partial charge in [0.25, 0.3) is 5.91 Å². The van der Waals surface area contributed by atoms with Crippen molar-refractivity contribution >= 4 is 23.5 Å². The van der Waals surface area contributed by atoms with Crippen LogP contribution in [0.3, 0.4) is 0 Å². The van der Waals surface area contributed by atoms with E-state index in [9.17, 15) is 14.4 Å². The number of aromatic nitrogens is 1. The van der Waals surface area contributed by atoms with Crippen LogP contribution in [0.2, 0.25) is 0 Å². The summed E-state index contributed by atoms with van der Waals surface area (Å²) in [4.78, 5) is 41.9. The molecule has 0 spiro atoms. The lowest BCUT2D eigenvalue weighted by molar-refractivity contribution is -0.129. The van der Waals surface area contributed by atoms with Gasteiger partial charge in [0.2, 0.25) is 5.91 Å². The number of imide groups is 1. The van der Waals surface area contributed by atoms with E-state index < -0.39 is 18.0 Å². The number of methoxy groups -OCH3 is 2. The molecule has 1 aromatic heterocycles. The molecular weight excluding hydrogens is 376 g/mol. The molecule has 0 bridgehead atoms. The van der Waals surface area contributed by atoms with Crippen LogP contribution in [-0.4, -0.2) is 54.5 Å². The highest BCUT2D eigenvalue weighted by Gasteiger charge is 2.38. The van der Waals surface area contributed by atoms with Gasteiger partial charge in [0.15, 0.2) is 11.5 Å². The van der Waals surface area contributed by atoms with Gasteiger partial charge in [-0.2, -0.15) is 0 Å². The molecule has 0 saturated carbocycles. The molecule has 1 fully saturated rings. The Hall–Kier alpha value is -3.62. The number of hydrogen-bond acceptors (Lipinski definition) is 6. The van der Waals surface area contributed by atoms with Crippen molar-refractivity contribution in [2.75, 3.05) is 26.1 Å². The van der Waals surface area contributed by atoms with Gasteiger partial charge in [-0.3, -0.25) is 19.5 Å². The van der Waals surface area contributed by atoms with E-state index in [1.165, 1.54) is 6.20 Å². The monoisotopic (exact) mass is 398 g/mol. The summed E-state index contributed by atoms with van der Waals surface area (Å²) in [6.07, 6.45) is 3.40. The van der Waals surface area contributed by atoms with E-state index in [-0.39, 0.29) is 18.9 Å². The van der Waals surface area contributed by atoms with E-state index in [0.717, 1.165) is 10.5 Å². The second kappa shape index (κ2) is 9.05. The smallest absolute Gasteiger partial charge is 0.324 e. The number of benzene rings is 1. The van der Waals surface area contributed by atoms with Gasteiger partial charge in [0, 0.05) is 12.7 Å². The van der Waals surface area contributed by atoms with Crippen molar-refractivity contribution in [3.05, 3.63) is 48.3 Å². The van der Waals surface area contributed by atoms with Gasteiger partial charge in [-0.25, -0.2) is 4.79 Å². The van der Waals surface area contributed by atoms with Crippen LogP contribution >= 0.6 is 0 Å². The van der Waals surface area contributed by atoms with Gasteiger partial charge in [0.1, 0.15) is 6.04 Å². The first-order valence-electron chi connectivity index (χ1n) is 9.04. The number of nitrogens with one attached hydrogen (secondary N) is 2. The van der Waals surface area contributed by atoms with Crippen molar-refractivity contribution in [2.24, 2.45) is 0 Å². The van der Waals surface area contributed by atoms with E-state index in [4.69, 9.17) is 9.47 Å². The van der Waals surface area contributed by atoms with Crippen LogP contribution in [0.15, 0.2) is 42.7 Å². The number of urea groups is 1. The van der Waals surface area contributed by atoms with Gasteiger partial charge >= 0.3 is 6.03 Å². The molecule has 9 heteroatoms. The number of anilines is 1. The topological polar surface area (TPSA) is 110 Å². The number of pyridine rings is 1. The molecule has 29 heavy (non-hydrogen) atoms. The second-order valence-corrected chi connectivity index (χ2v) is 6.43. The Morgan fingerprint density at radius 3 is 2.69 bits per heavy atom. The SMILES string of the molecule is COc1ccc(CCN2C(=O)NC(CC(=O)Nc3cccnc3)C2=O)cc1OC. The van der Waals surface area contributed by atoms with Crippen molar-refractivity contribution in [1.82, 2.24) is 15.2 Å². The molecule has 9 nitrogen and oxygen atoms in total. The highest BCUT2D eigenvalue weighted by molar-refractivity contribution is 6.06. The summed E-state index contributed by atoms with van der Waals surface area (Å²) in [5.74, 6) is 0.383. The molecule has 1 aromatic carbocycles. The van der Waals surface area contributed by atoms with Gasteiger partial charge < -0.3 is 20.1 Å². The third kappa shape index (κ3) is 4.81. The molecular formula is C20H22N4O5. The molecule has 2 heterocycles. The lowest BCUT2D eigenvalue weighted by Crippen LogP contribution is -2.34. The molecule has 152 valence electrons. The molecule has 1 aliphatic heterocycles. The third-order valence-corrected chi connectivity index (χ3v) is 4.51. The van der Waals surface area contributed by atoms with E-state index in [1.54, 1.807) is 44.7 Å². The molecule has 1 atom stereocenters. The molecule has 0 radical (unpaired) electrons. The van der Waals surface area contributed by atoms with Crippen LogP contribution in [0.5, 0.6) is 11.5 Å². The first kappa shape index (κ1) is 20.1. The molecule has 2 aromatic rings. The van der Waals surface area contributed by atoms with Crippen LogP contribution in [0.4, 0.5) is 10.5 Å². The number of hydrogen-bond donors (Lipinski definition) is 2. The Bertz CT molecular complexity index is 903. The van der Waals surface area contributed by atoms with Crippen LogP contribution in [-0.2, 0) is 16.0 Å². The number of rotatable bonds is 8. The first-order valence-corrected chi connectivity index (χ1v) is 9.04. The summed E-state index contributed by atoms with van der Waals surface area (Å²) < 4.78 is 10.5. The van der Waals surface area contributed by atoms with Crippen molar-refractivity contribution in [2.45, 2.75) is 18.9 Å². The highest BCUT2D eigenvalue weighted by Crippen LogP contribution is 2.27. The zero-order chi connectivity index (χ0) is 20.8. The van der Waals surface area contributed by atoms with E-state index >= 15 is 0 Å². The number of carbonyl (C=O) groups is 3. The minimum absolute atomic E-state index is 0.147. The van der Waals surface area contributed by atoms with Crippen LogP contribution in [0.25, 0.3) is 0 Å². The average Bonchev–Trinajstić information content (AvgIpc) is 2.99. The first-order chi connectivity index (χ1) is 14.0.